The summed E-state index contributed by atoms with van der Waals surface area (Å²) in [6, 6.07) is 7.03. The average Bonchev–Trinajstić information content (AvgIpc) is 3.08. The van der Waals surface area contributed by atoms with Gasteiger partial charge in [-0.05, 0) is 36.1 Å². The highest BCUT2D eigenvalue weighted by Crippen LogP contribution is 2.29. The fraction of sp³-hybridized carbons (Fsp3) is 0.381. The second kappa shape index (κ2) is 9.17. The Morgan fingerprint density at radius 1 is 1.30 bits per heavy atom. The van der Waals surface area contributed by atoms with Crippen LogP contribution in [0, 0.1) is 0 Å². The molecule has 2 aromatic rings. The normalized spacial score (nSPS) is 14.1. The van der Waals surface area contributed by atoms with Crippen LogP contribution >= 0.6 is 11.3 Å². The van der Waals surface area contributed by atoms with Gasteiger partial charge >= 0.3 is 12.0 Å². The molecule has 1 aromatic heterocycles. The Morgan fingerprint density at radius 2 is 2.07 bits per heavy atom. The minimum atomic E-state index is -0.488. The average molecular weight is 432 g/mol. The predicted octanol–water partition coefficient (Wildman–Crippen LogP) is 3.50. The van der Waals surface area contributed by atoms with Crippen molar-refractivity contribution in [3.05, 3.63) is 45.6 Å². The summed E-state index contributed by atoms with van der Waals surface area (Å²) < 4.78 is 10.6. The first-order valence-corrected chi connectivity index (χ1v) is 10.4. The summed E-state index contributed by atoms with van der Waals surface area (Å²) in [6.45, 7) is 4.59. The van der Waals surface area contributed by atoms with Gasteiger partial charge in [0.2, 0.25) is 5.91 Å². The van der Waals surface area contributed by atoms with Crippen LogP contribution in [0.15, 0.2) is 29.6 Å². The molecule has 0 aliphatic carbocycles. The lowest BCUT2D eigenvalue weighted by atomic mass is 10.0. The zero-order valence-electron chi connectivity index (χ0n) is 17.4. The maximum absolute atomic E-state index is 12.9. The molecule has 3 rings (SSSR count). The molecule has 1 unspecified atom stereocenters. The highest BCUT2D eigenvalue weighted by molar-refractivity contribution is 7.12. The van der Waals surface area contributed by atoms with Crippen molar-refractivity contribution in [2.45, 2.75) is 26.4 Å². The van der Waals surface area contributed by atoms with E-state index in [1.54, 1.807) is 28.3 Å². The van der Waals surface area contributed by atoms with Gasteiger partial charge in [-0.25, -0.2) is 9.59 Å². The second-order valence-electron chi connectivity index (χ2n) is 7.03. The summed E-state index contributed by atoms with van der Waals surface area (Å²) in [5, 5.41) is 4.52. The fourth-order valence-corrected chi connectivity index (χ4v) is 3.96. The molecule has 1 N–H and O–H groups in total. The Kier molecular flexibility index (Phi) is 6.61. The maximum Gasteiger partial charge on any atom is 0.350 e. The Morgan fingerprint density at radius 3 is 2.77 bits per heavy atom. The zero-order valence-corrected chi connectivity index (χ0v) is 18.2. The Hall–Kier alpha value is -3.07. The summed E-state index contributed by atoms with van der Waals surface area (Å²) in [6.07, 6.45) is 0. The Labute approximate surface area is 179 Å². The van der Waals surface area contributed by atoms with Gasteiger partial charge in [-0.1, -0.05) is 6.07 Å². The molecule has 0 spiro atoms. The first-order chi connectivity index (χ1) is 14.3. The van der Waals surface area contributed by atoms with Gasteiger partial charge in [0.15, 0.2) is 0 Å². The van der Waals surface area contributed by atoms with E-state index in [-0.39, 0.29) is 18.0 Å². The zero-order chi connectivity index (χ0) is 21.8. The first-order valence-electron chi connectivity index (χ1n) is 9.52. The third kappa shape index (κ3) is 4.56. The summed E-state index contributed by atoms with van der Waals surface area (Å²) in [5.74, 6) is 0.211. The molecule has 0 radical (unpaired) electrons. The quantitative estimate of drug-likeness (QED) is 0.749. The highest BCUT2D eigenvalue weighted by Gasteiger charge is 2.24. The number of thiophene rings is 1. The van der Waals surface area contributed by atoms with Crippen molar-refractivity contribution in [2.24, 2.45) is 0 Å². The predicted molar refractivity (Wildman–Crippen MR) is 114 cm³/mol. The van der Waals surface area contributed by atoms with Gasteiger partial charge in [-0.15, -0.1) is 11.3 Å². The number of rotatable bonds is 4. The van der Waals surface area contributed by atoms with Gasteiger partial charge in [-0.2, -0.15) is 0 Å². The number of ether oxygens (including phenoxy) is 2. The van der Waals surface area contributed by atoms with E-state index in [1.165, 1.54) is 25.4 Å². The molecular formula is C21H25N3O5S. The van der Waals surface area contributed by atoms with Crippen LogP contribution in [0.2, 0.25) is 0 Å². The number of urea groups is 1. The lowest BCUT2D eigenvalue weighted by Crippen LogP contribution is -2.36. The fourth-order valence-electron chi connectivity index (χ4n) is 3.20. The maximum atomic E-state index is 12.9. The van der Waals surface area contributed by atoms with Crippen LogP contribution in [0.4, 0.5) is 10.5 Å². The van der Waals surface area contributed by atoms with Crippen LogP contribution in [0.5, 0.6) is 5.75 Å². The molecule has 0 fully saturated rings. The number of carbonyl (C=O) groups is 3. The molecule has 1 aliphatic heterocycles. The molecule has 0 bridgehead atoms. The topological polar surface area (TPSA) is 88.2 Å². The van der Waals surface area contributed by atoms with Crippen molar-refractivity contribution in [1.82, 2.24) is 9.80 Å². The lowest BCUT2D eigenvalue weighted by molar-refractivity contribution is -0.129. The van der Waals surface area contributed by atoms with E-state index in [4.69, 9.17) is 9.47 Å². The number of hydrogen-bond acceptors (Lipinski definition) is 6. The third-order valence-corrected chi connectivity index (χ3v) is 6.08. The number of hydrogen-bond donors (Lipinski definition) is 1. The number of nitrogens with one attached hydrogen (secondary N) is 1. The van der Waals surface area contributed by atoms with E-state index in [9.17, 15) is 14.4 Å². The van der Waals surface area contributed by atoms with Crippen LogP contribution in [0.25, 0.3) is 0 Å². The second-order valence-corrected chi connectivity index (χ2v) is 7.94. The van der Waals surface area contributed by atoms with Crippen LogP contribution in [-0.2, 0) is 16.1 Å². The van der Waals surface area contributed by atoms with E-state index in [2.05, 4.69) is 5.32 Å². The van der Waals surface area contributed by atoms with Gasteiger partial charge in [-0.3, -0.25) is 4.79 Å². The number of benzene rings is 1. The number of methoxy groups -OCH3 is 1. The number of anilines is 1. The molecule has 2 heterocycles. The van der Waals surface area contributed by atoms with E-state index >= 15 is 0 Å². The molecule has 1 atom stereocenters. The van der Waals surface area contributed by atoms with E-state index in [0.29, 0.717) is 30.3 Å². The number of carbonyl (C=O) groups excluding carboxylic acids is 3. The van der Waals surface area contributed by atoms with Gasteiger partial charge in [0.05, 0.1) is 31.9 Å². The van der Waals surface area contributed by atoms with Gasteiger partial charge in [0.1, 0.15) is 17.2 Å². The molecule has 0 saturated carbocycles. The number of esters is 1. The molecule has 1 aliphatic rings. The van der Waals surface area contributed by atoms with Crippen LogP contribution in [-0.4, -0.2) is 55.0 Å². The van der Waals surface area contributed by atoms with Crippen molar-refractivity contribution in [3.63, 3.8) is 0 Å². The Bertz CT molecular complexity index is 958. The minimum absolute atomic E-state index is 0.0214. The van der Waals surface area contributed by atoms with Gasteiger partial charge < -0.3 is 24.6 Å². The summed E-state index contributed by atoms with van der Waals surface area (Å²) in [4.78, 5) is 40.1. The number of nitrogens with zero attached hydrogens (tertiary/aromatic N) is 2. The SMILES string of the molecule is COC(=O)c1sccc1NC(=O)N1CCOc2ccc(C(C)N(C)C(C)=O)cc2C1. The lowest BCUT2D eigenvalue weighted by Gasteiger charge is -2.25. The van der Waals surface area contributed by atoms with Crippen molar-refractivity contribution in [1.29, 1.82) is 0 Å². The molecule has 1 aromatic carbocycles. The van der Waals surface area contributed by atoms with Crippen LogP contribution < -0.4 is 10.1 Å². The van der Waals surface area contributed by atoms with E-state index in [0.717, 1.165) is 16.9 Å². The molecule has 9 heteroatoms. The van der Waals surface area contributed by atoms with Crippen LogP contribution in [0.1, 0.15) is 40.7 Å². The Balaban J connectivity index is 1.78. The monoisotopic (exact) mass is 431 g/mol. The van der Waals surface area contributed by atoms with Crippen molar-refractivity contribution >= 4 is 34.9 Å². The largest absolute Gasteiger partial charge is 0.491 e. The summed E-state index contributed by atoms with van der Waals surface area (Å²) in [7, 11) is 3.06. The molecule has 3 amide bonds. The van der Waals surface area contributed by atoms with Crippen molar-refractivity contribution in [2.75, 3.05) is 32.6 Å². The molecular weight excluding hydrogens is 406 g/mol. The van der Waals surface area contributed by atoms with E-state index < -0.39 is 5.97 Å². The highest BCUT2D eigenvalue weighted by atomic mass is 32.1. The van der Waals surface area contributed by atoms with E-state index in [1.807, 2.05) is 25.1 Å². The number of amides is 3. The molecule has 30 heavy (non-hydrogen) atoms. The van der Waals surface area contributed by atoms with Crippen molar-refractivity contribution in [3.8, 4) is 5.75 Å². The minimum Gasteiger partial charge on any atom is -0.491 e. The van der Waals surface area contributed by atoms with Gasteiger partial charge in [0, 0.05) is 19.5 Å². The first kappa shape index (κ1) is 21.6. The van der Waals surface area contributed by atoms with Crippen LogP contribution in [0.3, 0.4) is 0 Å². The smallest absolute Gasteiger partial charge is 0.350 e. The van der Waals surface area contributed by atoms with Gasteiger partial charge in [0.25, 0.3) is 0 Å². The molecule has 0 saturated heterocycles. The van der Waals surface area contributed by atoms with Crippen molar-refractivity contribution < 1.29 is 23.9 Å². The summed E-state index contributed by atoms with van der Waals surface area (Å²) in [5.41, 5.74) is 2.25. The third-order valence-electron chi connectivity index (χ3n) is 5.19. The standard InChI is InChI=1S/C21H25N3O5S/c1-13(23(3)14(2)25)15-5-6-18-16(11-15)12-24(8-9-29-18)21(27)22-17-7-10-30-19(17)20(26)28-4/h5-7,10-11,13H,8-9,12H2,1-4H3,(H,22,27). The summed E-state index contributed by atoms with van der Waals surface area (Å²) >= 11 is 1.21. The number of fused-ring (bicyclic) bond motifs is 1. The molecule has 160 valence electrons. The molecule has 8 nitrogen and oxygen atoms in total.